The van der Waals surface area contributed by atoms with Gasteiger partial charge in [0.05, 0.1) is 5.39 Å². The van der Waals surface area contributed by atoms with E-state index in [9.17, 15) is 5.11 Å². The number of aromatic nitrogens is 3. The number of halogens is 2. The van der Waals surface area contributed by atoms with Crippen molar-refractivity contribution in [1.29, 1.82) is 0 Å². The molecule has 1 fully saturated rings. The van der Waals surface area contributed by atoms with Crippen LogP contribution in [0.25, 0.3) is 21.9 Å². The number of aromatic amines is 1. The van der Waals surface area contributed by atoms with Crippen LogP contribution < -0.4 is 10.6 Å². The van der Waals surface area contributed by atoms with E-state index in [0.29, 0.717) is 0 Å². The number of H-pyrrole nitrogens is 1. The molecule has 124 valence electrons. The molecular formula is C15H19Cl2N5O. The fraction of sp³-hybridized carbons (Fsp3) is 0.333. The lowest BCUT2D eigenvalue weighted by atomic mass is 10.1. The van der Waals surface area contributed by atoms with Crippen molar-refractivity contribution in [1.82, 2.24) is 15.0 Å². The number of benzene rings is 1. The molecule has 3 aromatic rings. The maximum atomic E-state index is 9.76. The second kappa shape index (κ2) is 6.78. The number of anilines is 1. The Hall–Kier alpha value is -1.76. The summed E-state index contributed by atoms with van der Waals surface area (Å²) >= 11 is 0. The molecule has 23 heavy (non-hydrogen) atoms. The van der Waals surface area contributed by atoms with E-state index in [2.05, 4.69) is 19.9 Å². The fourth-order valence-corrected chi connectivity index (χ4v) is 3.05. The van der Waals surface area contributed by atoms with Crippen molar-refractivity contribution >= 4 is 52.6 Å². The van der Waals surface area contributed by atoms with Gasteiger partial charge in [0.1, 0.15) is 23.5 Å². The minimum absolute atomic E-state index is 0. The van der Waals surface area contributed by atoms with Crippen LogP contribution in [0, 0.1) is 0 Å². The number of phenols is 1. The maximum Gasteiger partial charge on any atom is 0.143 e. The van der Waals surface area contributed by atoms with E-state index in [1.807, 2.05) is 6.07 Å². The van der Waals surface area contributed by atoms with Crippen LogP contribution in [0.1, 0.15) is 12.8 Å². The quantitative estimate of drug-likeness (QED) is 0.623. The number of phenolic OH excluding ortho intramolecular Hbond substituents is 1. The Bertz CT molecular complexity index is 814. The average Bonchev–Trinajstić information content (AvgIpc) is 2.86. The number of hydrogen-bond donors (Lipinski definition) is 3. The van der Waals surface area contributed by atoms with E-state index < -0.39 is 0 Å². The molecule has 0 radical (unpaired) electrons. The first-order chi connectivity index (χ1) is 10.2. The zero-order valence-corrected chi connectivity index (χ0v) is 14.0. The third kappa shape index (κ3) is 3.02. The second-order valence-corrected chi connectivity index (χ2v) is 5.60. The number of nitrogens with zero attached hydrogens (tertiary/aromatic N) is 3. The highest BCUT2D eigenvalue weighted by Gasteiger charge is 2.21. The predicted molar refractivity (Wildman–Crippen MR) is 97.0 cm³/mol. The van der Waals surface area contributed by atoms with Gasteiger partial charge >= 0.3 is 0 Å². The van der Waals surface area contributed by atoms with Gasteiger partial charge in [-0.05, 0) is 31.0 Å². The summed E-state index contributed by atoms with van der Waals surface area (Å²) in [5, 5.41) is 11.7. The van der Waals surface area contributed by atoms with Gasteiger partial charge in [-0.15, -0.1) is 24.8 Å². The SMILES string of the molecule is Cl.Cl.NC1CCN(c2ncnc3[nH]c4ccc(O)cc4c23)CC1. The minimum atomic E-state index is 0. The molecule has 6 nitrogen and oxygen atoms in total. The number of piperidine rings is 1. The van der Waals surface area contributed by atoms with Crippen molar-refractivity contribution in [2.24, 2.45) is 5.73 Å². The molecule has 4 rings (SSSR count). The van der Waals surface area contributed by atoms with Crippen molar-refractivity contribution in [2.75, 3.05) is 18.0 Å². The topological polar surface area (TPSA) is 91.1 Å². The first kappa shape index (κ1) is 17.6. The monoisotopic (exact) mass is 355 g/mol. The zero-order chi connectivity index (χ0) is 14.4. The number of hydrogen-bond acceptors (Lipinski definition) is 5. The summed E-state index contributed by atoms with van der Waals surface area (Å²) in [4.78, 5) is 14.3. The lowest BCUT2D eigenvalue weighted by Crippen LogP contribution is -2.40. The van der Waals surface area contributed by atoms with E-state index in [1.54, 1.807) is 18.5 Å². The Morgan fingerprint density at radius 2 is 1.91 bits per heavy atom. The molecule has 0 aliphatic carbocycles. The van der Waals surface area contributed by atoms with Crippen LogP contribution in [0.2, 0.25) is 0 Å². The summed E-state index contributed by atoms with van der Waals surface area (Å²) in [6, 6.07) is 5.58. The van der Waals surface area contributed by atoms with Crippen LogP contribution in [0.3, 0.4) is 0 Å². The van der Waals surface area contributed by atoms with Crippen molar-refractivity contribution in [2.45, 2.75) is 18.9 Å². The third-order valence-corrected chi connectivity index (χ3v) is 4.19. The third-order valence-electron chi connectivity index (χ3n) is 4.19. The molecule has 0 amide bonds. The van der Waals surface area contributed by atoms with Gasteiger partial charge < -0.3 is 20.7 Å². The van der Waals surface area contributed by atoms with Gasteiger partial charge in [-0.1, -0.05) is 0 Å². The molecule has 1 saturated heterocycles. The van der Waals surface area contributed by atoms with Gasteiger partial charge in [-0.25, -0.2) is 9.97 Å². The second-order valence-electron chi connectivity index (χ2n) is 5.60. The number of nitrogens with two attached hydrogens (primary N) is 1. The Morgan fingerprint density at radius 3 is 2.65 bits per heavy atom. The van der Waals surface area contributed by atoms with E-state index in [1.165, 1.54) is 0 Å². The van der Waals surface area contributed by atoms with Crippen molar-refractivity contribution in [3.8, 4) is 5.75 Å². The van der Waals surface area contributed by atoms with Crippen molar-refractivity contribution < 1.29 is 5.11 Å². The van der Waals surface area contributed by atoms with Crippen LogP contribution in [0.4, 0.5) is 5.82 Å². The van der Waals surface area contributed by atoms with Crippen molar-refractivity contribution in [3.05, 3.63) is 24.5 Å². The number of fused-ring (bicyclic) bond motifs is 3. The summed E-state index contributed by atoms with van der Waals surface area (Å²) in [6.07, 6.45) is 3.53. The van der Waals surface area contributed by atoms with Gasteiger partial charge in [-0.2, -0.15) is 0 Å². The molecular weight excluding hydrogens is 337 g/mol. The molecule has 0 bridgehead atoms. The van der Waals surface area contributed by atoms with E-state index in [0.717, 1.165) is 53.7 Å². The van der Waals surface area contributed by atoms with E-state index >= 15 is 0 Å². The molecule has 4 N–H and O–H groups in total. The maximum absolute atomic E-state index is 9.76. The number of aromatic hydroxyl groups is 1. The Balaban J connectivity index is 0.000000960. The van der Waals surface area contributed by atoms with Gasteiger partial charge in [0.15, 0.2) is 0 Å². The number of rotatable bonds is 1. The predicted octanol–water partition coefficient (Wildman–Crippen LogP) is 2.59. The standard InChI is InChI=1S/C15H17N5O.2ClH/c16-9-3-5-20(6-4-9)15-13-11-7-10(21)1-2-12(11)19-14(13)17-8-18-15;;/h1-2,7-9,21H,3-6,16H2,(H,17,18,19);2*1H. The first-order valence-corrected chi connectivity index (χ1v) is 7.18. The molecule has 0 atom stereocenters. The van der Waals surface area contributed by atoms with Gasteiger partial charge in [0.2, 0.25) is 0 Å². The highest BCUT2D eigenvalue weighted by atomic mass is 35.5. The molecule has 0 unspecified atom stereocenters. The van der Waals surface area contributed by atoms with E-state index in [4.69, 9.17) is 5.73 Å². The van der Waals surface area contributed by atoms with Crippen LogP contribution in [-0.4, -0.2) is 39.2 Å². The molecule has 1 aromatic carbocycles. The number of nitrogens with one attached hydrogen (secondary N) is 1. The summed E-state index contributed by atoms with van der Waals surface area (Å²) in [7, 11) is 0. The summed E-state index contributed by atoms with van der Waals surface area (Å²) in [5.41, 5.74) is 7.74. The summed E-state index contributed by atoms with van der Waals surface area (Å²) in [5.74, 6) is 1.17. The van der Waals surface area contributed by atoms with Crippen LogP contribution in [0.5, 0.6) is 5.75 Å². The fourth-order valence-electron chi connectivity index (χ4n) is 3.05. The van der Waals surface area contributed by atoms with Gasteiger partial charge in [0, 0.05) is 30.0 Å². The van der Waals surface area contributed by atoms with Gasteiger partial charge in [-0.3, -0.25) is 0 Å². The highest BCUT2D eigenvalue weighted by Crippen LogP contribution is 2.33. The molecule has 0 spiro atoms. The Labute approximate surface area is 145 Å². The van der Waals surface area contributed by atoms with Crippen molar-refractivity contribution in [3.63, 3.8) is 0 Å². The largest absolute Gasteiger partial charge is 0.508 e. The van der Waals surface area contributed by atoms with Gasteiger partial charge in [0.25, 0.3) is 0 Å². The lowest BCUT2D eigenvalue weighted by Gasteiger charge is -2.31. The molecule has 0 saturated carbocycles. The minimum Gasteiger partial charge on any atom is -0.508 e. The lowest BCUT2D eigenvalue weighted by molar-refractivity contribution is 0.476. The molecule has 1 aliphatic rings. The zero-order valence-electron chi connectivity index (χ0n) is 12.4. The molecule has 8 heteroatoms. The summed E-state index contributed by atoms with van der Waals surface area (Å²) in [6.45, 7) is 1.80. The average molecular weight is 356 g/mol. The van der Waals surface area contributed by atoms with E-state index in [-0.39, 0.29) is 36.6 Å². The molecule has 2 aromatic heterocycles. The van der Waals surface area contributed by atoms with Crippen LogP contribution in [0.15, 0.2) is 24.5 Å². The van der Waals surface area contributed by atoms with Crippen LogP contribution in [-0.2, 0) is 0 Å². The first-order valence-electron chi connectivity index (χ1n) is 7.18. The van der Waals surface area contributed by atoms with Crippen LogP contribution >= 0.6 is 24.8 Å². The normalized spacial score (nSPS) is 15.4. The Kier molecular flexibility index (Phi) is 5.19. The molecule has 3 heterocycles. The smallest absolute Gasteiger partial charge is 0.143 e. The summed E-state index contributed by atoms with van der Waals surface area (Å²) < 4.78 is 0. The highest BCUT2D eigenvalue weighted by molar-refractivity contribution is 6.11. The molecule has 1 aliphatic heterocycles. The Morgan fingerprint density at radius 1 is 1.17 bits per heavy atom.